The molecule has 4 rings (SSSR count). The Balaban J connectivity index is 1.54. The molecule has 2 heterocycles. The molecule has 32 heavy (non-hydrogen) atoms. The van der Waals surface area contributed by atoms with E-state index in [1.165, 1.54) is 6.33 Å². The van der Waals surface area contributed by atoms with Crippen LogP contribution in [-0.2, 0) is 18.3 Å². The smallest absolute Gasteiger partial charge is 0.300 e. The zero-order chi connectivity index (χ0) is 22.5. The number of hydrogen-bond donors (Lipinski definition) is 2. The summed E-state index contributed by atoms with van der Waals surface area (Å²) in [7, 11) is 1.74. The first kappa shape index (κ1) is 20.8. The summed E-state index contributed by atoms with van der Waals surface area (Å²) in [4.78, 5) is 32.3. The van der Waals surface area contributed by atoms with Gasteiger partial charge in [0, 0.05) is 36.1 Å². The lowest BCUT2D eigenvalue weighted by atomic mass is 10.1. The number of carbonyl (C=O) groups is 1. The average Bonchev–Trinajstić information content (AvgIpc) is 2.78. The molecule has 2 N–H and O–H groups in total. The quantitative estimate of drug-likeness (QED) is 0.479. The predicted molar refractivity (Wildman–Crippen MR) is 126 cm³/mol. The zero-order valence-corrected chi connectivity index (χ0v) is 17.7. The number of nitrogens with one attached hydrogen (secondary N) is 2. The molecule has 0 spiro atoms. The van der Waals surface area contributed by atoms with Crippen molar-refractivity contribution in [2.75, 3.05) is 10.6 Å². The van der Waals surface area contributed by atoms with Crippen LogP contribution in [0.5, 0.6) is 0 Å². The summed E-state index contributed by atoms with van der Waals surface area (Å²) in [6.45, 7) is 1.61. The van der Waals surface area contributed by atoms with Crippen molar-refractivity contribution in [3.05, 3.63) is 88.6 Å². The Kier molecular flexibility index (Phi) is 5.95. The molecule has 4 aromatic rings. The van der Waals surface area contributed by atoms with Gasteiger partial charge in [-0.05, 0) is 66.8 Å². The zero-order valence-electron chi connectivity index (χ0n) is 17.7. The second kappa shape index (κ2) is 9.14. The van der Waals surface area contributed by atoms with E-state index in [9.17, 15) is 9.59 Å². The molecule has 0 fully saturated rings. The fourth-order valence-electron chi connectivity index (χ4n) is 3.29. The first-order valence-corrected chi connectivity index (χ1v) is 10.0. The van der Waals surface area contributed by atoms with Crippen molar-refractivity contribution in [1.29, 1.82) is 0 Å². The number of aromatic nitrogens is 3. The molecule has 7 heteroatoms. The van der Waals surface area contributed by atoms with Gasteiger partial charge in [0.2, 0.25) is 0 Å². The molecule has 0 aliphatic heterocycles. The minimum atomic E-state index is -0.370. The Morgan fingerprint density at radius 1 is 1.00 bits per heavy atom. The van der Waals surface area contributed by atoms with E-state index in [1.807, 2.05) is 42.5 Å². The van der Waals surface area contributed by atoms with Crippen LogP contribution in [0.2, 0.25) is 0 Å². The summed E-state index contributed by atoms with van der Waals surface area (Å²) >= 11 is 0. The van der Waals surface area contributed by atoms with Crippen molar-refractivity contribution in [1.82, 2.24) is 14.5 Å². The van der Waals surface area contributed by atoms with Crippen LogP contribution in [0.3, 0.4) is 0 Å². The first-order valence-electron chi connectivity index (χ1n) is 10.0. The molecule has 0 bridgehead atoms. The fraction of sp³-hybridized carbons (Fsp3) is 0.120. The van der Waals surface area contributed by atoms with Crippen LogP contribution >= 0.6 is 0 Å². The topological polar surface area (TPSA) is 88.9 Å². The van der Waals surface area contributed by atoms with Crippen LogP contribution in [0, 0.1) is 11.8 Å². The highest BCUT2D eigenvalue weighted by molar-refractivity contribution is 6.05. The van der Waals surface area contributed by atoms with E-state index in [1.54, 1.807) is 36.9 Å². The molecule has 7 nitrogen and oxygen atoms in total. The molecule has 0 saturated carbocycles. The number of amides is 1. The van der Waals surface area contributed by atoms with Crippen LogP contribution in [0.1, 0.15) is 18.1 Å². The number of anilines is 3. The van der Waals surface area contributed by atoms with Gasteiger partial charge in [0.15, 0.2) is 0 Å². The number of nitrogens with zero attached hydrogens (tertiary/aromatic N) is 3. The Morgan fingerprint density at radius 3 is 2.53 bits per heavy atom. The van der Waals surface area contributed by atoms with E-state index < -0.39 is 0 Å². The van der Waals surface area contributed by atoms with Crippen LogP contribution in [0.4, 0.5) is 17.2 Å². The van der Waals surface area contributed by atoms with Gasteiger partial charge in [-0.3, -0.25) is 9.59 Å². The summed E-state index contributed by atoms with van der Waals surface area (Å²) in [5, 5.41) is 6.84. The van der Waals surface area contributed by atoms with Crippen LogP contribution in [0.25, 0.3) is 10.9 Å². The van der Waals surface area contributed by atoms with Gasteiger partial charge in [-0.1, -0.05) is 18.1 Å². The largest absolute Gasteiger partial charge is 0.340 e. The van der Waals surface area contributed by atoms with Crippen molar-refractivity contribution in [3.63, 3.8) is 0 Å². The summed E-state index contributed by atoms with van der Waals surface area (Å²) in [6, 6.07) is 17.0. The Labute approximate surface area is 185 Å². The Bertz CT molecular complexity index is 1410. The normalized spacial score (nSPS) is 10.3. The van der Waals surface area contributed by atoms with Crippen molar-refractivity contribution >= 4 is 34.0 Å². The van der Waals surface area contributed by atoms with Gasteiger partial charge in [0.25, 0.3) is 11.5 Å². The second-order valence-electron chi connectivity index (χ2n) is 7.27. The highest BCUT2D eigenvalue weighted by Crippen LogP contribution is 2.26. The minimum Gasteiger partial charge on any atom is -0.340 e. The second-order valence-corrected chi connectivity index (χ2v) is 7.27. The van der Waals surface area contributed by atoms with E-state index in [2.05, 4.69) is 32.4 Å². The lowest BCUT2D eigenvalue weighted by Gasteiger charge is -2.10. The van der Waals surface area contributed by atoms with Crippen molar-refractivity contribution in [2.24, 2.45) is 7.05 Å². The number of rotatable bonds is 5. The molecular formula is C25H21N5O2. The number of carbonyl (C=O) groups excluding carboxylic acids is 1. The lowest BCUT2D eigenvalue weighted by molar-refractivity contribution is -0.111. The molecule has 0 aliphatic carbocycles. The molecule has 0 atom stereocenters. The summed E-state index contributed by atoms with van der Waals surface area (Å²) in [5.41, 5.74) is 4.28. The van der Waals surface area contributed by atoms with Crippen molar-refractivity contribution in [2.45, 2.75) is 13.3 Å². The van der Waals surface area contributed by atoms with Crippen LogP contribution < -0.4 is 16.2 Å². The minimum absolute atomic E-state index is 0.0197. The highest BCUT2D eigenvalue weighted by Gasteiger charge is 2.07. The summed E-state index contributed by atoms with van der Waals surface area (Å²) < 4.78 is 1.55. The summed E-state index contributed by atoms with van der Waals surface area (Å²) in [6.07, 6.45) is 3.95. The van der Waals surface area contributed by atoms with Gasteiger partial charge in [-0.2, -0.15) is 0 Å². The molecular weight excluding hydrogens is 402 g/mol. The van der Waals surface area contributed by atoms with Gasteiger partial charge in [-0.25, -0.2) is 9.97 Å². The fourth-order valence-corrected chi connectivity index (χ4v) is 3.29. The molecule has 0 aliphatic rings. The number of fused-ring (bicyclic) bond motifs is 1. The molecule has 158 valence electrons. The number of pyridine rings is 1. The monoisotopic (exact) mass is 423 g/mol. The molecule has 2 aromatic carbocycles. The third kappa shape index (κ3) is 4.82. The van der Waals surface area contributed by atoms with E-state index in [-0.39, 0.29) is 11.5 Å². The van der Waals surface area contributed by atoms with E-state index in [4.69, 9.17) is 0 Å². The SMILES string of the molecule is CC#CC(=O)Nc1ccc2ncnc(Nc3ccc(Cc4ccn(C)c(=O)c4)cc3)c2c1. The standard InChI is InChI=1S/C25H21N5O2/c1-3-4-23(31)28-20-9-10-22-21(15-20)25(27-16-26-22)29-19-7-5-17(6-8-19)13-18-11-12-30(2)24(32)14-18/h5-12,14-16H,13H2,1-2H3,(H,28,31)(H,26,27,29). The molecule has 2 aromatic heterocycles. The Morgan fingerprint density at radius 2 is 1.78 bits per heavy atom. The maximum atomic E-state index is 11.8. The molecule has 1 amide bonds. The van der Waals surface area contributed by atoms with Gasteiger partial charge >= 0.3 is 0 Å². The number of hydrogen-bond acceptors (Lipinski definition) is 5. The number of aryl methyl sites for hydroxylation is 1. The Hall–Kier alpha value is -4.44. The summed E-state index contributed by atoms with van der Waals surface area (Å²) in [5.74, 6) is 5.30. The lowest BCUT2D eigenvalue weighted by Crippen LogP contribution is -2.15. The third-order valence-electron chi connectivity index (χ3n) is 4.93. The molecule has 0 radical (unpaired) electrons. The van der Waals surface area contributed by atoms with E-state index in [0.29, 0.717) is 17.9 Å². The van der Waals surface area contributed by atoms with Gasteiger partial charge in [-0.15, -0.1) is 0 Å². The van der Waals surface area contributed by atoms with Gasteiger partial charge in [0.1, 0.15) is 12.1 Å². The predicted octanol–water partition coefficient (Wildman–Crippen LogP) is 3.62. The molecule has 0 unspecified atom stereocenters. The maximum Gasteiger partial charge on any atom is 0.300 e. The van der Waals surface area contributed by atoms with E-state index in [0.717, 1.165) is 27.7 Å². The van der Waals surface area contributed by atoms with Crippen molar-refractivity contribution < 1.29 is 4.79 Å². The van der Waals surface area contributed by atoms with Gasteiger partial charge in [0.05, 0.1) is 5.52 Å². The van der Waals surface area contributed by atoms with Crippen molar-refractivity contribution in [3.8, 4) is 11.8 Å². The first-order chi connectivity index (χ1) is 15.5. The third-order valence-corrected chi connectivity index (χ3v) is 4.93. The van der Waals surface area contributed by atoms with Crippen LogP contribution in [-0.4, -0.2) is 20.4 Å². The number of benzene rings is 2. The van der Waals surface area contributed by atoms with E-state index >= 15 is 0 Å². The van der Waals surface area contributed by atoms with Crippen LogP contribution in [0.15, 0.2) is 71.9 Å². The maximum absolute atomic E-state index is 11.8. The average molecular weight is 423 g/mol. The highest BCUT2D eigenvalue weighted by atomic mass is 16.1. The van der Waals surface area contributed by atoms with Gasteiger partial charge < -0.3 is 15.2 Å². The molecule has 0 saturated heterocycles.